The highest BCUT2D eigenvalue weighted by Gasteiger charge is 2.39. The van der Waals surface area contributed by atoms with Crippen molar-refractivity contribution in [3.63, 3.8) is 0 Å². The lowest BCUT2D eigenvalue weighted by molar-refractivity contribution is -0.193. The second-order valence-electron chi connectivity index (χ2n) is 12.0. The molecule has 1 atom stereocenters. The van der Waals surface area contributed by atoms with Crippen LogP contribution in [0.15, 0.2) is 48.8 Å². The molecule has 0 bridgehead atoms. The molecule has 0 saturated carbocycles. The second-order valence-corrected chi connectivity index (χ2v) is 12.0. The van der Waals surface area contributed by atoms with Crippen LogP contribution >= 0.6 is 0 Å². The largest absolute Gasteiger partial charge is 0.497 e. The molecule has 3 aromatic rings. The van der Waals surface area contributed by atoms with Crippen molar-refractivity contribution < 1.29 is 83.5 Å². The van der Waals surface area contributed by atoms with Gasteiger partial charge in [-0.15, -0.1) is 0 Å². The number of aromatic nitrogens is 2. The fourth-order valence-corrected chi connectivity index (χ4v) is 5.01. The number of carbonyl (C=O) groups excluding carboxylic acids is 1. The molecule has 1 fully saturated rings. The molecule has 23 heteroatoms. The van der Waals surface area contributed by atoms with Crippen LogP contribution < -0.4 is 19.7 Å². The lowest BCUT2D eigenvalue weighted by Crippen LogP contribution is -2.42. The summed E-state index contributed by atoms with van der Waals surface area (Å²) >= 11 is 0. The van der Waals surface area contributed by atoms with Gasteiger partial charge in [0.25, 0.3) is 0 Å². The summed E-state index contributed by atoms with van der Waals surface area (Å²) in [6.45, 7) is 2.25. The van der Waals surface area contributed by atoms with Crippen molar-refractivity contribution in [3.05, 3.63) is 54.4 Å². The van der Waals surface area contributed by atoms with Gasteiger partial charge in [-0.25, -0.2) is 14.4 Å². The van der Waals surface area contributed by atoms with Gasteiger partial charge in [0, 0.05) is 30.9 Å². The number of anilines is 2. The average Bonchev–Trinajstić information content (AvgIpc) is 3.66. The van der Waals surface area contributed by atoms with E-state index in [1.165, 1.54) is 0 Å². The lowest BCUT2D eigenvalue weighted by Gasteiger charge is -2.37. The number of nitrogens with zero attached hydrogens (tertiary/aromatic N) is 3. The number of hydrogen-bond acceptors (Lipinski definition) is 9. The summed E-state index contributed by atoms with van der Waals surface area (Å²) in [5.74, 6) is -6.97. The molecule has 5 rings (SSSR count). The topological polar surface area (TPSA) is 195 Å². The normalized spacial score (nSPS) is 15.6. The van der Waals surface area contributed by atoms with Gasteiger partial charge in [-0.3, -0.25) is 9.89 Å². The monoisotopic (exact) mass is 817 g/mol. The Morgan fingerprint density at radius 1 is 0.857 bits per heavy atom. The predicted octanol–water partition coefficient (Wildman–Crippen LogP) is 5.71. The highest BCUT2D eigenvalue weighted by molar-refractivity contribution is 5.97. The van der Waals surface area contributed by atoms with Crippen molar-refractivity contribution in [2.45, 2.75) is 43.8 Å². The third kappa shape index (κ3) is 14.5. The number of H-pyrrole nitrogens is 1. The van der Waals surface area contributed by atoms with Crippen molar-refractivity contribution in [1.29, 1.82) is 0 Å². The number of nitrogens with one attached hydrogen (secondary N) is 2. The molecule has 0 aliphatic carbocycles. The van der Waals surface area contributed by atoms with E-state index in [4.69, 9.17) is 39.2 Å². The van der Waals surface area contributed by atoms with Gasteiger partial charge < -0.3 is 39.9 Å². The molecule has 1 aromatic heterocycles. The number of halogens is 9. The highest BCUT2D eigenvalue weighted by Crippen LogP contribution is 2.36. The van der Waals surface area contributed by atoms with Crippen molar-refractivity contribution in [3.8, 4) is 22.6 Å². The summed E-state index contributed by atoms with van der Waals surface area (Å²) in [4.78, 5) is 44.7. The highest BCUT2D eigenvalue weighted by atomic mass is 19.4. The number of amides is 1. The zero-order chi connectivity index (χ0) is 42.6. The maximum Gasteiger partial charge on any atom is 0.490 e. The predicted molar refractivity (Wildman–Crippen MR) is 178 cm³/mol. The van der Waals surface area contributed by atoms with E-state index in [1.807, 2.05) is 42.7 Å². The maximum atomic E-state index is 13.4. The number of benzene rings is 2. The first-order valence-corrected chi connectivity index (χ1v) is 15.9. The van der Waals surface area contributed by atoms with Crippen molar-refractivity contribution in [2.24, 2.45) is 5.92 Å². The Balaban J connectivity index is 0.000000423. The second kappa shape index (κ2) is 19.7. The quantitative estimate of drug-likeness (QED) is 0.191. The van der Waals surface area contributed by atoms with E-state index in [0.29, 0.717) is 19.1 Å². The number of fused-ring (bicyclic) bond motifs is 1. The smallest absolute Gasteiger partial charge is 0.490 e. The number of carboxylic acids is 3. The Kier molecular flexibility index (Phi) is 16.4. The standard InChI is InChI=1S/C27H33N5O3.3C2HF3O2/c1-31(2)22-8-10-32(11-9-22)25-14-18(21-15-28-29-16-21)4-6-24(25)30-27(33)20-12-19-13-23(34-3)5-7-26(19)35-17-20;3*3-2(4,5)1(6)7/h4-7,13-16,20,22H,8-12,17H2,1-3H3,(H,28,29)(H,30,33);3*(H,6,7). The van der Waals surface area contributed by atoms with Crippen LogP contribution in [0.1, 0.15) is 18.4 Å². The van der Waals surface area contributed by atoms with E-state index in [-0.39, 0.29) is 11.8 Å². The van der Waals surface area contributed by atoms with Crippen LogP contribution in [0.2, 0.25) is 0 Å². The Labute approximate surface area is 311 Å². The van der Waals surface area contributed by atoms with Crippen molar-refractivity contribution >= 4 is 35.2 Å². The number of carbonyl (C=O) groups is 4. The number of alkyl halides is 9. The van der Waals surface area contributed by atoms with E-state index < -0.39 is 36.4 Å². The van der Waals surface area contributed by atoms with Gasteiger partial charge in [0.1, 0.15) is 18.1 Å². The van der Waals surface area contributed by atoms with Gasteiger partial charge in [-0.2, -0.15) is 44.6 Å². The summed E-state index contributed by atoms with van der Waals surface area (Å²) in [5, 5.41) is 31.6. The zero-order valence-electron chi connectivity index (χ0n) is 29.6. The van der Waals surface area contributed by atoms with E-state index in [0.717, 1.165) is 65.5 Å². The average molecular weight is 818 g/mol. The van der Waals surface area contributed by atoms with E-state index in [1.54, 1.807) is 7.11 Å². The van der Waals surface area contributed by atoms with Crippen LogP contribution in [0.3, 0.4) is 0 Å². The van der Waals surface area contributed by atoms with Crippen LogP contribution in [0, 0.1) is 5.92 Å². The molecule has 14 nitrogen and oxygen atoms in total. The number of carboxylic acid groups (broad SMARTS) is 3. The van der Waals surface area contributed by atoms with Crippen LogP contribution in [0.25, 0.3) is 11.1 Å². The summed E-state index contributed by atoms with van der Waals surface area (Å²) in [6.07, 6.45) is -8.74. The molecule has 1 amide bonds. The summed E-state index contributed by atoms with van der Waals surface area (Å²) in [7, 11) is 5.93. The Bertz CT molecular complexity index is 1720. The third-order valence-electron chi connectivity index (χ3n) is 7.89. The summed E-state index contributed by atoms with van der Waals surface area (Å²) in [6, 6.07) is 12.5. The Morgan fingerprint density at radius 2 is 1.39 bits per heavy atom. The Hall–Kier alpha value is -5.74. The van der Waals surface area contributed by atoms with E-state index in [2.05, 4.69) is 45.5 Å². The minimum Gasteiger partial charge on any atom is -0.497 e. The van der Waals surface area contributed by atoms with E-state index >= 15 is 0 Å². The molecule has 2 aliphatic heterocycles. The van der Waals surface area contributed by atoms with Crippen LogP contribution in [0.5, 0.6) is 11.5 Å². The van der Waals surface area contributed by atoms with Gasteiger partial charge in [0.15, 0.2) is 0 Å². The van der Waals surface area contributed by atoms with Gasteiger partial charge >= 0.3 is 36.4 Å². The summed E-state index contributed by atoms with van der Waals surface area (Å²) in [5.41, 5.74) is 4.98. The lowest BCUT2D eigenvalue weighted by atomic mass is 9.95. The number of methoxy groups -OCH3 is 1. The molecule has 2 aromatic carbocycles. The fraction of sp³-hybridized carbons (Fsp3) is 0.424. The number of piperidine rings is 1. The first kappa shape index (κ1) is 46.4. The molecule has 1 unspecified atom stereocenters. The van der Waals surface area contributed by atoms with Crippen molar-refractivity contribution in [2.75, 3.05) is 51.1 Å². The number of aromatic amines is 1. The Morgan fingerprint density at radius 3 is 1.84 bits per heavy atom. The van der Waals surface area contributed by atoms with Crippen LogP contribution in [0.4, 0.5) is 50.9 Å². The maximum absolute atomic E-state index is 13.4. The van der Waals surface area contributed by atoms with Crippen LogP contribution in [-0.4, -0.2) is 120 Å². The van der Waals surface area contributed by atoms with Crippen LogP contribution in [-0.2, 0) is 25.6 Å². The first-order valence-electron chi connectivity index (χ1n) is 15.9. The van der Waals surface area contributed by atoms with Gasteiger partial charge in [-0.05, 0) is 74.8 Å². The van der Waals surface area contributed by atoms with Crippen molar-refractivity contribution in [1.82, 2.24) is 15.1 Å². The number of ether oxygens (including phenoxy) is 2. The molecule has 0 spiro atoms. The molecule has 5 N–H and O–H groups in total. The molecular formula is C33H36F9N5O9. The van der Waals surface area contributed by atoms with Gasteiger partial charge in [0.05, 0.1) is 30.6 Å². The number of aliphatic carboxylic acids is 3. The minimum absolute atomic E-state index is 0.0287. The van der Waals surface area contributed by atoms with Gasteiger partial charge in [-0.1, -0.05) is 6.07 Å². The number of hydrogen-bond donors (Lipinski definition) is 5. The fourth-order valence-electron chi connectivity index (χ4n) is 5.01. The number of rotatable bonds is 6. The molecule has 310 valence electrons. The zero-order valence-corrected chi connectivity index (χ0v) is 29.6. The molecule has 2 aliphatic rings. The first-order chi connectivity index (χ1) is 25.8. The summed E-state index contributed by atoms with van der Waals surface area (Å²) < 4.78 is 106. The molecule has 3 heterocycles. The third-order valence-corrected chi connectivity index (χ3v) is 7.89. The SMILES string of the molecule is COc1ccc2c(c1)CC(C(=O)Nc1ccc(-c3cn[nH]c3)cc1N1CCC(N(C)C)CC1)CO2.O=C(O)C(F)(F)F.O=C(O)C(F)(F)F.O=C(O)C(F)(F)F. The minimum atomic E-state index is -5.08. The molecular weight excluding hydrogens is 781 g/mol. The van der Waals surface area contributed by atoms with Gasteiger partial charge in [0.2, 0.25) is 5.91 Å². The molecule has 0 radical (unpaired) electrons. The van der Waals surface area contributed by atoms with E-state index in [9.17, 15) is 44.3 Å². The molecule has 1 saturated heterocycles. The molecule has 56 heavy (non-hydrogen) atoms.